The van der Waals surface area contributed by atoms with Crippen LogP contribution in [-0.4, -0.2) is 87.5 Å². The first-order chi connectivity index (χ1) is 42.3. The molecule has 0 spiro atoms. The normalized spacial score (nSPS) is 18.4. The molecular formula is C77H141NO8. The van der Waals surface area contributed by atoms with E-state index in [-0.39, 0.29) is 12.5 Å². The van der Waals surface area contributed by atoms with Crippen LogP contribution in [0.5, 0.6) is 0 Å². The van der Waals surface area contributed by atoms with Crippen molar-refractivity contribution < 1.29 is 39.8 Å². The Hall–Kier alpha value is -2.37. The van der Waals surface area contributed by atoms with Crippen molar-refractivity contribution in [1.29, 1.82) is 0 Å². The lowest BCUT2D eigenvalue weighted by molar-refractivity contribution is -0.302. The molecule has 1 aliphatic heterocycles. The monoisotopic (exact) mass is 1210 g/mol. The summed E-state index contributed by atoms with van der Waals surface area (Å²) in [6.07, 6.45) is 86.0. The molecule has 9 heteroatoms. The second-order valence-electron chi connectivity index (χ2n) is 25.7. The number of hydrogen-bond donors (Lipinski definition) is 6. The lowest BCUT2D eigenvalue weighted by Crippen LogP contribution is -2.60. The van der Waals surface area contributed by atoms with Gasteiger partial charge in [0.1, 0.15) is 24.4 Å². The topological polar surface area (TPSA) is 149 Å². The Kier molecular flexibility index (Phi) is 62.3. The molecule has 0 radical (unpaired) electrons. The highest BCUT2D eigenvalue weighted by atomic mass is 16.7. The van der Waals surface area contributed by atoms with Crippen molar-refractivity contribution in [3.05, 3.63) is 72.9 Å². The standard InChI is InChI=1S/C77H141NO8/c1-3-5-7-9-11-13-15-17-19-21-23-25-27-29-31-33-35-36-37-39-41-43-45-47-49-51-53-55-57-59-61-63-65-67-73(81)78-70(69-85-77-76(84)75(83)74(82)72(68-79)86-77)71(80)66-64-62-60-58-56-54-52-50-48-46-44-42-40-38-34-32-30-28-26-24-22-20-18-16-14-12-10-8-6-4-2/h15,17,21,23,27,29,48,50,56,58,64,66,70-72,74-77,79-80,82-84H,3-14,16,18-20,22,24-26,28,30-47,49,51-55,57,59-63,65,67-69H2,1-2H3,(H,78,81)/b17-15-,23-21-,29-27-,50-48+,58-56+,66-64+. The number of aliphatic hydroxyl groups excluding tert-OH is 5. The maximum atomic E-state index is 13.1. The van der Waals surface area contributed by atoms with Crippen LogP contribution >= 0.6 is 0 Å². The number of ether oxygens (including phenoxy) is 2. The SMILES string of the molecule is CCCCCCC/C=C\C/C=C\C/C=C\CCCCCCCCCCCCCCCCCCCCC(=O)NC(COC1OC(CO)C(O)C(O)C1O)C(O)/C=C/CC/C=C/CC/C=C/CCCCCCCCCCCCCCCCCCCCCC. The number of unbranched alkanes of at least 4 members (excludes halogenated alkanes) is 45. The predicted octanol–water partition coefficient (Wildman–Crippen LogP) is 20.7. The number of allylic oxidation sites excluding steroid dienone is 11. The van der Waals surface area contributed by atoms with E-state index in [1.54, 1.807) is 6.08 Å². The summed E-state index contributed by atoms with van der Waals surface area (Å²) in [7, 11) is 0. The van der Waals surface area contributed by atoms with Crippen LogP contribution in [0, 0.1) is 0 Å². The minimum Gasteiger partial charge on any atom is -0.394 e. The van der Waals surface area contributed by atoms with Gasteiger partial charge in [-0.1, -0.05) is 337 Å². The fraction of sp³-hybridized carbons (Fsp3) is 0.831. The highest BCUT2D eigenvalue weighted by Crippen LogP contribution is 2.23. The van der Waals surface area contributed by atoms with Crippen LogP contribution < -0.4 is 5.32 Å². The van der Waals surface area contributed by atoms with Crippen molar-refractivity contribution in [1.82, 2.24) is 5.32 Å². The molecule has 0 aromatic carbocycles. The Morgan fingerprint density at radius 2 is 0.698 bits per heavy atom. The zero-order valence-electron chi connectivity index (χ0n) is 56.3. The van der Waals surface area contributed by atoms with E-state index >= 15 is 0 Å². The zero-order valence-corrected chi connectivity index (χ0v) is 56.3. The van der Waals surface area contributed by atoms with Gasteiger partial charge in [0.25, 0.3) is 0 Å². The molecule has 1 heterocycles. The van der Waals surface area contributed by atoms with Crippen LogP contribution in [0.4, 0.5) is 0 Å². The largest absolute Gasteiger partial charge is 0.394 e. The molecule has 9 nitrogen and oxygen atoms in total. The summed E-state index contributed by atoms with van der Waals surface area (Å²) in [6.45, 7) is 3.79. The van der Waals surface area contributed by atoms with Crippen molar-refractivity contribution in [2.24, 2.45) is 0 Å². The van der Waals surface area contributed by atoms with Crippen molar-refractivity contribution in [3.8, 4) is 0 Å². The van der Waals surface area contributed by atoms with Crippen LogP contribution in [0.1, 0.15) is 354 Å². The molecule has 502 valence electrons. The molecule has 86 heavy (non-hydrogen) atoms. The molecule has 1 aliphatic rings. The van der Waals surface area contributed by atoms with E-state index in [9.17, 15) is 30.3 Å². The first-order valence-corrected chi connectivity index (χ1v) is 37.2. The number of amides is 1. The van der Waals surface area contributed by atoms with Crippen molar-refractivity contribution in [2.45, 2.75) is 397 Å². The molecule has 0 aliphatic carbocycles. The molecule has 7 unspecified atom stereocenters. The van der Waals surface area contributed by atoms with Gasteiger partial charge in [0, 0.05) is 6.42 Å². The second-order valence-corrected chi connectivity index (χ2v) is 25.7. The van der Waals surface area contributed by atoms with Crippen molar-refractivity contribution in [3.63, 3.8) is 0 Å². The van der Waals surface area contributed by atoms with Crippen LogP contribution in [0.3, 0.4) is 0 Å². The number of carbonyl (C=O) groups is 1. The first-order valence-electron chi connectivity index (χ1n) is 37.2. The molecule has 0 saturated carbocycles. The van der Waals surface area contributed by atoms with Crippen LogP contribution in [0.25, 0.3) is 0 Å². The van der Waals surface area contributed by atoms with Gasteiger partial charge in [-0.3, -0.25) is 4.79 Å². The van der Waals surface area contributed by atoms with Gasteiger partial charge in [-0.2, -0.15) is 0 Å². The fourth-order valence-electron chi connectivity index (χ4n) is 11.7. The second kappa shape index (κ2) is 65.6. The van der Waals surface area contributed by atoms with Gasteiger partial charge in [0.2, 0.25) is 5.91 Å². The highest BCUT2D eigenvalue weighted by molar-refractivity contribution is 5.76. The van der Waals surface area contributed by atoms with E-state index in [0.717, 1.165) is 57.8 Å². The van der Waals surface area contributed by atoms with E-state index in [2.05, 4.69) is 79.9 Å². The van der Waals surface area contributed by atoms with Gasteiger partial charge in [-0.05, 0) is 83.5 Å². The van der Waals surface area contributed by atoms with Gasteiger partial charge in [0.05, 0.1) is 25.4 Å². The number of carbonyl (C=O) groups excluding carboxylic acids is 1. The van der Waals surface area contributed by atoms with Crippen LogP contribution in [0.15, 0.2) is 72.9 Å². The van der Waals surface area contributed by atoms with E-state index in [1.165, 1.54) is 276 Å². The maximum absolute atomic E-state index is 13.1. The number of rotatable bonds is 65. The number of nitrogens with one attached hydrogen (secondary N) is 1. The molecule has 0 aromatic heterocycles. The third-order valence-electron chi connectivity index (χ3n) is 17.5. The Bertz CT molecular complexity index is 1590. The molecule has 7 atom stereocenters. The predicted molar refractivity (Wildman–Crippen MR) is 369 cm³/mol. The van der Waals surface area contributed by atoms with Gasteiger partial charge < -0.3 is 40.3 Å². The summed E-state index contributed by atoms with van der Waals surface area (Å²) in [5.41, 5.74) is 0. The first kappa shape index (κ1) is 81.6. The average Bonchev–Trinajstić information content (AvgIpc) is 2.60. The van der Waals surface area contributed by atoms with E-state index < -0.39 is 49.5 Å². The Morgan fingerprint density at radius 3 is 1.06 bits per heavy atom. The third-order valence-corrected chi connectivity index (χ3v) is 17.5. The summed E-state index contributed by atoms with van der Waals surface area (Å²) < 4.78 is 11.3. The quantitative estimate of drug-likeness (QED) is 0.0261. The zero-order chi connectivity index (χ0) is 62.1. The van der Waals surface area contributed by atoms with Crippen LogP contribution in [0.2, 0.25) is 0 Å². The van der Waals surface area contributed by atoms with Gasteiger partial charge >= 0.3 is 0 Å². The maximum Gasteiger partial charge on any atom is 0.220 e. The van der Waals surface area contributed by atoms with Crippen molar-refractivity contribution in [2.75, 3.05) is 13.2 Å². The molecular weight excluding hydrogens is 1070 g/mol. The number of aliphatic hydroxyl groups is 5. The van der Waals surface area contributed by atoms with Crippen molar-refractivity contribution >= 4 is 5.91 Å². The highest BCUT2D eigenvalue weighted by Gasteiger charge is 2.44. The van der Waals surface area contributed by atoms with E-state index in [1.807, 2.05) is 6.08 Å². The minimum atomic E-state index is -1.58. The molecule has 6 N–H and O–H groups in total. The molecule has 1 amide bonds. The molecule has 0 aromatic rings. The molecule has 1 fully saturated rings. The Balaban J connectivity index is 2.14. The Morgan fingerprint density at radius 1 is 0.395 bits per heavy atom. The fourth-order valence-corrected chi connectivity index (χ4v) is 11.7. The minimum absolute atomic E-state index is 0.187. The molecule has 1 rings (SSSR count). The van der Waals surface area contributed by atoms with Gasteiger partial charge in [-0.25, -0.2) is 0 Å². The summed E-state index contributed by atoms with van der Waals surface area (Å²) in [4.78, 5) is 13.1. The summed E-state index contributed by atoms with van der Waals surface area (Å²) >= 11 is 0. The lowest BCUT2D eigenvalue weighted by Gasteiger charge is -2.40. The molecule has 0 bridgehead atoms. The van der Waals surface area contributed by atoms with Crippen LogP contribution in [-0.2, 0) is 14.3 Å². The van der Waals surface area contributed by atoms with E-state index in [4.69, 9.17) is 9.47 Å². The molecule has 1 saturated heterocycles. The van der Waals surface area contributed by atoms with Gasteiger partial charge in [0.15, 0.2) is 6.29 Å². The Labute approximate surface area is 531 Å². The lowest BCUT2D eigenvalue weighted by atomic mass is 9.99. The summed E-state index contributed by atoms with van der Waals surface area (Å²) in [6, 6.07) is -0.832. The average molecular weight is 1210 g/mol. The van der Waals surface area contributed by atoms with E-state index in [0.29, 0.717) is 6.42 Å². The summed E-state index contributed by atoms with van der Waals surface area (Å²) in [5.74, 6) is -0.187. The van der Waals surface area contributed by atoms with Gasteiger partial charge in [-0.15, -0.1) is 0 Å². The smallest absolute Gasteiger partial charge is 0.220 e. The third kappa shape index (κ3) is 53.5. The summed E-state index contributed by atoms with van der Waals surface area (Å²) in [5, 5.41) is 54.8. The number of hydrogen-bond acceptors (Lipinski definition) is 8.